The molecular weight excluding hydrogens is 232 g/mol. The van der Waals surface area contributed by atoms with Crippen molar-refractivity contribution >= 4 is 5.78 Å². The standard InChI is InChI=1S/C18H30O/c1-4-12-6-7-15-14(13(12)5-2)10-11-18(3)16(15)8-9-17(18)19/h12-16H,4-11H2,1-3H3/t12-,13-,14+,15+,16-,18-/m0/s1. The molecule has 0 aromatic carbocycles. The summed E-state index contributed by atoms with van der Waals surface area (Å²) in [7, 11) is 0. The molecule has 1 nitrogen and oxygen atoms in total. The lowest BCUT2D eigenvalue weighted by Gasteiger charge is -2.52. The summed E-state index contributed by atoms with van der Waals surface area (Å²) in [5.41, 5.74) is 0.0680. The second-order valence-corrected chi connectivity index (χ2v) is 7.67. The lowest BCUT2D eigenvalue weighted by Crippen LogP contribution is -2.47. The summed E-state index contributed by atoms with van der Waals surface area (Å²) in [6, 6.07) is 0. The van der Waals surface area contributed by atoms with Gasteiger partial charge in [0.15, 0.2) is 0 Å². The van der Waals surface area contributed by atoms with Gasteiger partial charge in [-0.15, -0.1) is 0 Å². The molecule has 3 aliphatic carbocycles. The molecule has 0 heterocycles. The maximum Gasteiger partial charge on any atom is 0.139 e. The van der Waals surface area contributed by atoms with Gasteiger partial charge in [-0.3, -0.25) is 4.79 Å². The van der Waals surface area contributed by atoms with Crippen molar-refractivity contribution < 1.29 is 4.79 Å². The van der Waals surface area contributed by atoms with E-state index in [-0.39, 0.29) is 5.41 Å². The Bertz CT molecular complexity index is 361. The Labute approximate surface area is 118 Å². The minimum Gasteiger partial charge on any atom is -0.299 e. The third-order valence-corrected chi connectivity index (χ3v) is 7.22. The summed E-state index contributed by atoms with van der Waals surface area (Å²) in [6.45, 7) is 7.05. The molecule has 0 saturated heterocycles. The zero-order valence-electron chi connectivity index (χ0n) is 13.0. The summed E-state index contributed by atoms with van der Waals surface area (Å²) in [4.78, 5) is 12.3. The van der Waals surface area contributed by atoms with Gasteiger partial charge in [0.1, 0.15) is 5.78 Å². The van der Waals surface area contributed by atoms with Gasteiger partial charge in [-0.2, -0.15) is 0 Å². The second-order valence-electron chi connectivity index (χ2n) is 7.67. The third-order valence-electron chi connectivity index (χ3n) is 7.22. The first-order chi connectivity index (χ1) is 9.11. The highest BCUT2D eigenvalue weighted by Crippen LogP contribution is 2.60. The number of rotatable bonds is 2. The van der Waals surface area contributed by atoms with E-state index >= 15 is 0 Å². The summed E-state index contributed by atoms with van der Waals surface area (Å²) in [6.07, 6.45) is 10.1. The highest BCUT2D eigenvalue weighted by molar-refractivity contribution is 5.87. The molecule has 0 amide bonds. The lowest BCUT2D eigenvalue weighted by molar-refractivity contribution is -0.132. The number of hydrogen-bond donors (Lipinski definition) is 0. The first-order valence-corrected chi connectivity index (χ1v) is 8.65. The number of ketones is 1. The van der Waals surface area contributed by atoms with Gasteiger partial charge in [0.2, 0.25) is 0 Å². The quantitative estimate of drug-likeness (QED) is 0.695. The van der Waals surface area contributed by atoms with Crippen LogP contribution in [-0.2, 0) is 4.79 Å². The number of hydrogen-bond acceptors (Lipinski definition) is 1. The molecule has 3 aliphatic rings. The van der Waals surface area contributed by atoms with Crippen molar-refractivity contribution in [3.05, 3.63) is 0 Å². The second kappa shape index (κ2) is 4.90. The molecule has 0 aromatic heterocycles. The maximum absolute atomic E-state index is 12.3. The van der Waals surface area contributed by atoms with Gasteiger partial charge in [0.25, 0.3) is 0 Å². The molecule has 0 unspecified atom stereocenters. The van der Waals surface area contributed by atoms with E-state index in [0.29, 0.717) is 5.78 Å². The predicted molar refractivity (Wildman–Crippen MR) is 78.8 cm³/mol. The Balaban J connectivity index is 1.85. The Morgan fingerprint density at radius 2 is 1.84 bits per heavy atom. The van der Waals surface area contributed by atoms with E-state index in [1.165, 1.54) is 44.9 Å². The zero-order valence-corrected chi connectivity index (χ0v) is 13.0. The van der Waals surface area contributed by atoms with Crippen LogP contribution in [0.25, 0.3) is 0 Å². The van der Waals surface area contributed by atoms with E-state index < -0.39 is 0 Å². The summed E-state index contributed by atoms with van der Waals surface area (Å²) >= 11 is 0. The van der Waals surface area contributed by atoms with Crippen LogP contribution < -0.4 is 0 Å². The van der Waals surface area contributed by atoms with Gasteiger partial charge >= 0.3 is 0 Å². The van der Waals surface area contributed by atoms with Crippen molar-refractivity contribution in [1.82, 2.24) is 0 Å². The van der Waals surface area contributed by atoms with Crippen LogP contribution in [-0.4, -0.2) is 5.78 Å². The molecule has 0 radical (unpaired) electrons. The molecule has 1 heteroatoms. The summed E-state index contributed by atoms with van der Waals surface area (Å²) in [5, 5.41) is 0. The SMILES string of the molecule is CC[C@H]1CC[C@@H]2[C@H](CC[C@]3(C)C(=O)CC[C@@H]23)[C@H]1CC. The first kappa shape index (κ1) is 13.6. The average molecular weight is 262 g/mol. The molecule has 108 valence electrons. The zero-order chi connectivity index (χ0) is 13.6. The van der Waals surface area contributed by atoms with Crippen LogP contribution in [0.5, 0.6) is 0 Å². The largest absolute Gasteiger partial charge is 0.299 e. The third kappa shape index (κ3) is 1.91. The van der Waals surface area contributed by atoms with Crippen molar-refractivity contribution in [3.63, 3.8) is 0 Å². The van der Waals surface area contributed by atoms with Gasteiger partial charge in [-0.1, -0.05) is 33.6 Å². The number of Topliss-reactive ketones (excluding diaryl/α,β-unsaturated/α-hetero) is 1. The Morgan fingerprint density at radius 1 is 1.05 bits per heavy atom. The molecule has 3 rings (SSSR count). The van der Waals surface area contributed by atoms with Crippen LogP contribution >= 0.6 is 0 Å². The van der Waals surface area contributed by atoms with E-state index in [2.05, 4.69) is 20.8 Å². The fourth-order valence-electron chi connectivity index (χ4n) is 6.15. The maximum atomic E-state index is 12.3. The van der Waals surface area contributed by atoms with E-state index in [4.69, 9.17) is 0 Å². The highest BCUT2D eigenvalue weighted by atomic mass is 16.1. The van der Waals surface area contributed by atoms with Gasteiger partial charge in [0, 0.05) is 11.8 Å². The molecule has 0 aliphatic heterocycles. The van der Waals surface area contributed by atoms with Crippen molar-refractivity contribution in [2.75, 3.05) is 0 Å². The Morgan fingerprint density at radius 3 is 2.53 bits per heavy atom. The average Bonchev–Trinajstić information content (AvgIpc) is 2.73. The van der Waals surface area contributed by atoms with Gasteiger partial charge in [0.05, 0.1) is 0 Å². The van der Waals surface area contributed by atoms with Gasteiger partial charge in [-0.05, 0) is 61.7 Å². The summed E-state index contributed by atoms with van der Waals surface area (Å²) in [5.74, 6) is 5.04. The smallest absolute Gasteiger partial charge is 0.139 e. The van der Waals surface area contributed by atoms with Gasteiger partial charge < -0.3 is 0 Å². The van der Waals surface area contributed by atoms with Crippen molar-refractivity contribution in [3.8, 4) is 0 Å². The fraction of sp³-hybridized carbons (Fsp3) is 0.944. The van der Waals surface area contributed by atoms with E-state index in [0.717, 1.165) is 36.0 Å². The predicted octanol–water partition coefficient (Wildman–Crippen LogP) is 4.84. The van der Waals surface area contributed by atoms with Crippen LogP contribution in [0.3, 0.4) is 0 Å². The molecule has 3 fully saturated rings. The van der Waals surface area contributed by atoms with Crippen molar-refractivity contribution in [2.45, 2.75) is 72.1 Å². The minimum absolute atomic E-state index is 0.0680. The van der Waals surface area contributed by atoms with Crippen LogP contribution in [0.15, 0.2) is 0 Å². The molecule has 0 bridgehead atoms. The van der Waals surface area contributed by atoms with Crippen molar-refractivity contribution in [1.29, 1.82) is 0 Å². The Kier molecular flexibility index (Phi) is 3.52. The normalized spacial score (nSPS) is 49.8. The number of carbonyl (C=O) groups is 1. The first-order valence-electron chi connectivity index (χ1n) is 8.65. The topological polar surface area (TPSA) is 17.1 Å². The fourth-order valence-corrected chi connectivity index (χ4v) is 6.15. The van der Waals surface area contributed by atoms with Gasteiger partial charge in [-0.25, -0.2) is 0 Å². The summed E-state index contributed by atoms with van der Waals surface area (Å²) < 4.78 is 0. The molecule has 19 heavy (non-hydrogen) atoms. The molecule has 0 spiro atoms. The van der Waals surface area contributed by atoms with Crippen LogP contribution in [0.2, 0.25) is 0 Å². The highest BCUT2D eigenvalue weighted by Gasteiger charge is 2.55. The Hall–Kier alpha value is -0.330. The molecule has 6 atom stereocenters. The monoisotopic (exact) mass is 262 g/mol. The van der Waals surface area contributed by atoms with Crippen LogP contribution in [0, 0.1) is 35.0 Å². The van der Waals surface area contributed by atoms with Crippen molar-refractivity contribution in [2.24, 2.45) is 35.0 Å². The molecular formula is C18H30O. The van der Waals surface area contributed by atoms with E-state index in [9.17, 15) is 4.79 Å². The van der Waals surface area contributed by atoms with E-state index in [1.807, 2.05) is 0 Å². The number of carbonyl (C=O) groups excluding carboxylic acids is 1. The lowest BCUT2D eigenvalue weighted by atomic mass is 9.52. The van der Waals surface area contributed by atoms with Crippen LogP contribution in [0.4, 0.5) is 0 Å². The number of fused-ring (bicyclic) bond motifs is 3. The van der Waals surface area contributed by atoms with E-state index in [1.54, 1.807) is 0 Å². The van der Waals surface area contributed by atoms with Crippen LogP contribution in [0.1, 0.15) is 72.1 Å². The molecule has 0 aromatic rings. The minimum atomic E-state index is 0.0680. The molecule has 3 saturated carbocycles. The molecule has 0 N–H and O–H groups in total.